The molecule has 5 rings (SSSR count). The zero-order chi connectivity index (χ0) is 29.6. The van der Waals surface area contributed by atoms with Gasteiger partial charge in [0.05, 0.1) is 5.92 Å². The molecule has 1 saturated carbocycles. The van der Waals surface area contributed by atoms with E-state index in [1.807, 2.05) is 25.1 Å². The average molecular weight is 588 g/mol. The van der Waals surface area contributed by atoms with Crippen LogP contribution < -0.4 is 11.1 Å². The number of fused-ring (bicyclic) bond motifs is 1. The third-order valence-corrected chi connectivity index (χ3v) is 9.19. The fraction of sp³-hybridized carbons (Fsp3) is 0.516. The number of carbonyl (C=O) groups excluding carboxylic acids is 2. The zero-order valence-corrected chi connectivity index (χ0v) is 24.6. The summed E-state index contributed by atoms with van der Waals surface area (Å²) in [6, 6.07) is 10.2. The Balaban J connectivity index is 0.00000158. The first-order chi connectivity index (χ1) is 19.8. The van der Waals surface area contributed by atoms with Crippen LogP contribution in [0.1, 0.15) is 47.4 Å². The number of nitrogens with two attached hydrogens (primary N) is 1. The van der Waals surface area contributed by atoms with Crippen LogP contribution in [0, 0.1) is 17.2 Å². The summed E-state index contributed by atoms with van der Waals surface area (Å²) < 4.78 is 28.9. The zero-order valence-electron chi connectivity index (χ0n) is 23.8. The Labute approximate surface area is 248 Å². The quantitative estimate of drug-likeness (QED) is 0.280. The number of hydrogen-bond acceptors (Lipinski definition) is 7. The number of anilines is 1. The molecule has 1 aromatic rings. The highest BCUT2D eigenvalue weighted by molar-refractivity contribution is 8.04. The molecule has 1 aromatic carbocycles. The summed E-state index contributed by atoms with van der Waals surface area (Å²) in [4.78, 5) is 30.6. The number of thioether (sulfide) groups is 1. The summed E-state index contributed by atoms with van der Waals surface area (Å²) in [5.74, 6) is -2.20. The lowest BCUT2D eigenvalue weighted by Gasteiger charge is -2.18. The highest BCUT2D eigenvalue weighted by Gasteiger charge is 2.57. The summed E-state index contributed by atoms with van der Waals surface area (Å²) in [6.07, 6.45) is 6.56. The van der Waals surface area contributed by atoms with Gasteiger partial charge in [-0.2, -0.15) is 5.26 Å². The molecular weight excluding hydrogens is 544 g/mol. The van der Waals surface area contributed by atoms with E-state index in [2.05, 4.69) is 28.1 Å². The minimum atomic E-state index is -1.87. The van der Waals surface area contributed by atoms with Crippen molar-refractivity contribution in [2.75, 3.05) is 45.1 Å². The van der Waals surface area contributed by atoms with E-state index >= 15 is 0 Å². The molecule has 4 aliphatic rings. The van der Waals surface area contributed by atoms with Gasteiger partial charge in [0, 0.05) is 33.7 Å². The molecule has 3 atom stereocenters. The van der Waals surface area contributed by atoms with Gasteiger partial charge in [0.25, 0.3) is 0 Å². The van der Waals surface area contributed by atoms with Crippen molar-refractivity contribution in [2.45, 2.75) is 56.4 Å². The lowest BCUT2D eigenvalue weighted by molar-refractivity contribution is -0.127. The first-order valence-corrected chi connectivity index (χ1v) is 15.3. The van der Waals surface area contributed by atoms with Crippen molar-refractivity contribution in [2.24, 2.45) is 11.7 Å². The van der Waals surface area contributed by atoms with E-state index in [4.69, 9.17) is 0 Å². The number of ketones is 1. The number of carbonyl (C=O) groups is 2. The van der Waals surface area contributed by atoms with Crippen LogP contribution >= 0.6 is 11.8 Å². The number of allylic oxidation sites excluding steroid dienone is 5. The van der Waals surface area contributed by atoms with Gasteiger partial charge in [0.15, 0.2) is 0 Å². The molecule has 3 unspecified atom stereocenters. The molecule has 224 valence electrons. The number of alkyl halides is 1. The molecule has 1 amide bonds. The Hall–Kier alpha value is -3.00. The number of nitrogens with zero attached hydrogens (tertiary/aromatic N) is 3. The molecule has 41 heavy (non-hydrogen) atoms. The number of benzene rings is 1. The molecular formula is C31H43F2N5O2S. The summed E-state index contributed by atoms with van der Waals surface area (Å²) in [6.45, 7) is 6.05. The van der Waals surface area contributed by atoms with Crippen LogP contribution in [-0.2, 0) is 16.0 Å². The fourth-order valence-electron chi connectivity index (χ4n) is 5.53. The number of nitrogens with one attached hydrogen (secondary N) is 1. The predicted molar refractivity (Wildman–Crippen MR) is 164 cm³/mol. The molecule has 0 spiro atoms. The number of amides is 1. The van der Waals surface area contributed by atoms with Crippen LogP contribution in [0.3, 0.4) is 0 Å². The molecule has 2 aliphatic carbocycles. The highest BCUT2D eigenvalue weighted by Crippen LogP contribution is 2.55. The Morgan fingerprint density at radius 2 is 1.95 bits per heavy atom. The normalized spacial score (nSPS) is 26.6. The second-order valence-corrected chi connectivity index (χ2v) is 11.9. The summed E-state index contributed by atoms with van der Waals surface area (Å²) >= 11 is 1.19. The van der Waals surface area contributed by atoms with Gasteiger partial charge in [-0.05, 0) is 88.5 Å². The van der Waals surface area contributed by atoms with E-state index in [1.165, 1.54) is 67.4 Å². The molecule has 3 N–H and O–H groups in total. The van der Waals surface area contributed by atoms with Gasteiger partial charge >= 0.3 is 0 Å². The number of rotatable bonds is 10. The largest absolute Gasteiger partial charge is 0.383 e. The SMILES string of the molecule is CCCN1C(=O)C(CNc2ccc(CCN3CCCC3)cc2)S/C1=C(/C#N)C(=O)C1=CC2(F)CC2C(F)=CC1.CN.[HH].[HH]. The maximum atomic E-state index is 14.8. The van der Waals surface area contributed by atoms with Crippen molar-refractivity contribution in [3.8, 4) is 6.07 Å². The van der Waals surface area contributed by atoms with Crippen molar-refractivity contribution in [3.05, 3.63) is 64.0 Å². The van der Waals surface area contributed by atoms with Crippen LogP contribution in [0.5, 0.6) is 0 Å². The monoisotopic (exact) mass is 587 g/mol. The molecule has 2 aliphatic heterocycles. The van der Waals surface area contributed by atoms with Gasteiger partial charge in [-0.3, -0.25) is 9.59 Å². The topological polar surface area (TPSA) is 102 Å². The third kappa shape index (κ3) is 7.08. The first-order valence-electron chi connectivity index (χ1n) is 14.4. The first kappa shape index (κ1) is 30.9. The number of halogens is 2. The molecule has 2 heterocycles. The maximum absolute atomic E-state index is 14.8. The van der Waals surface area contributed by atoms with Gasteiger partial charge in [0.2, 0.25) is 11.7 Å². The average Bonchev–Trinajstić information content (AvgIpc) is 3.28. The Morgan fingerprint density at radius 1 is 1.24 bits per heavy atom. The van der Waals surface area contributed by atoms with Crippen LogP contribution in [0.25, 0.3) is 0 Å². The van der Waals surface area contributed by atoms with Crippen molar-refractivity contribution in [3.63, 3.8) is 0 Å². The number of likely N-dealkylation sites (tertiary alicyclic amines) is 1. The van der Waals surface area contributed by atoms with E-state index in [0.29, 0.717) is 24.5 Å². The van der Waals surface area contributed by atoms with Gasteiger partial charge in [-0.25, -0.2) is 8.78 Å². The van der Waals surface area contributed by atoms with E-state index in [-0.39, 0.29) is 32.7 Å². The molecule has 7 nitrogen and oxygen atoms in total. The minimum absolute atomic E-state index is 0. The molecule has 10 heteroatoms. The molecule has 0 radical (unpaired) electrons. The van der Waals surface area contributed by atoms with Crippen molar-refractivity contribution in [1.82, 2.24) is 9.80 Å². The van der Waals surface area contributed by atoms with Crippen LogP contribution in [-0.4, -0.2) is 72.2 Å². The smallest absolute Gasteiger partial charge is 0.242 e. The highest BCUT2D eigenvalue weighted by atomic mass is 32.2. The van der Waals surface area contributed by atoms with Gasteiger partial charge in [-0.15, -0.1) is 0 Å². The van der Waals surface area contributed by atoms with E-state index < -0.39 is 28.4 Å². The number of hydrogen-bond donors (Lipinski definition) is 2. The third-order valence-electron chi connectivity index (χ3n) is 7.89. The second-order valence-electron chi connectivity index (χ2n) is 10.7. The van der Waals surface area contributed by atoms with E-state index in [1.54, 1.807) is 0 Å². The van der Waals surface area contributed by atoms with Gasteiger partial charge in [0.1, 0.15) is 33.4 Å². The number of nitriles is 1. The van der Waals surface area contributed by atoms with Crippen LogP contribution in [0.15, 0.2) is 58.4 Å². The number of Topliss-reactive ketones (excluding diaryl/α,β-unsaturated/α-hetero) is 1. The van der Waals surface area contributed by atoms with Crippen molar-refractivity contribution in [1.29, 1.82) is 5.26 Å². The molecule has 3 fully saturated rings. The van der Waals surface area contributed by atoms with E-state index in [0.717, 1.165) is 18.7 Å². The lowest BCUT2D eigenvalue weighted by atomic mass is 10.0. The fourth-order valence-corrected chi connectivity index (χ4v) is 6.76. The van der Waals surface area contributed by atoms with Gasteiger partial charge in [-0.1, -0.05) is 30.8 Å². The van der Waals surface area contributed by atoms with Crippen LogP contribution in [0.2, 0.25) is 0 Å². The molecule has 2 saturated heterocycles. The van der Waals surface area contributed by atoms with Crippen LogP contribution in [0.4, 0.5) is 14.5 Å². The Morgan fingerprint density at radius 3 is 2.61 bits per heavy atom. The van der Waals surface area contributed by atoms with Crippen molar-refractivity contribution < 1.29 is 21.2 Å². The minimum Gasteiger partial charge on any atom is -0.383 e. The summed E-state index contributed by atoms with van der Waals surface area (Å²) in [5.41, 5.74) is 4.67. The van der Waals surface area contributed by atoms with E-state index in [9.17, 15) is 23.6 Å². The predicted octanol–water partition coefficient (Wildman–Crippen LogP) is 5.37. The lowest BCUT2D eigenvalue weighted by Crippen LogP contribution is -2.33. The molecule has 0 aromatic heterocycles. The maximum Gasteiger partial charge on any atom is 0.242 e. The Bertz CT molecular complexity index is 1280. The summed E-state index contributed by atoms with van der Waals surface area (Å²) in [5, 5.41) is 13.1. The summed E-state index contributed by atoms with van der Waals surface area (Å²) in [7, 11) is 1.50. The second kappa shape index (κ2) is 13.8. The van der Waals surface area contributed by atoms with Gasteiger partial charge < -0.3 is 20.9 Å². The van der Waals surface area contributed by atoms with Crippen molar-refractivity contribution >= 4 is 29.1 Å². The Kier molecular flexibility index (Phi) is 10.4. The molecule has 0 bridgehead atoms. The standard InChI is InChI=1S/C30H34F2N4O2S.CH5N.2H2/c1-2-12-36-28(38)26(19-34-22-8-5-20(6-9-22)11-15-35-13-3-4-14-35)39-29(36)23(18-33)27(37)21-7-10-25(31)24-17-30(24,32)16-21;1-2;;/h5-6,8-10,16,24,26,34H,2-4,7,11-15,17,19H2,1H3;2H2,1H3;2*1H/b29-23-;;;.